The molecule has 3 rings (SSSR count). The Hall–Kier alpha value is -1.54. The number of hydrogen-bond donors (Lipinski definition) is 1. The van der Waals surface area contributed by atoms with E-state index in [9.17, 15) is 0 Å². The molecule has 0 bridgehead atoms. The van der Waals surface area contributed by atoms with Crippen LogP contribution >= 0.6 is 0 Å². The molecule has 0 saturated heterocycles. The first kappa shape index (κ1) is 20.2. The maximum Gasteiger partial charge on any atom is 0.0423 e. The number of fused-ring (bicyclic) bond motifs is 3. The van der Waals surface area contributed by atoms with Crippen LogP contribution in [0.5, 0.6) is 0 Å². The van der Waals surface area contributed by atoms with Crippen LogP contribution < -0.4 is 5.32 Å². The van der Waals surface area contributed by atoms with Crippen LogP contribution in [0.1, 0.15) is 64.0 Å². The Morgan fingerprint density at radius 1 is 1.00 bits per heavy atom. The van der Waals surface area contributed by atoms with Crippen molar-refractivity contribution < 1.29 is 0 Å². The first-order valence-electron chi connectivity index (χ1n) is 11.2. The van der Waals surface area contributed by atoms with Gasteiger partial charge >= 0.3 is 0 Å². The molecule has 2 aromatic carbocycles. The van der Waals surface area contributed by atoms with E-state index in [1.165, 1.54) is 74.5 Å². The predicted molar refractivity (Wildman–Crippen MR) is 120 cm³/mol. The minimum absolute atomic E-state index is 0.810. The fourth-order valence-corrected chi connectivity index (χ4v) is 4.43. The van der Waals surface area contributed by atoms with Crippen molar-refractivity contribution in [2.75, 3.05) is 31.5 Å². The van der Waals surface area contributed by atoms with Crippen LogP contribution in [0.25, 0.3) is 10.8 Å². The van der Waals surface area contributed by atoms with Crippen LogP contribution in [0.2, 0.25) is 0 Å². The lowest BCUT2D eigenvalue weighted by Gasteiger charge is -2.26. The molecule has 0 aromatic heterocycles. The molecule has 0 heterocycles. The van der Waals surface area contributed by atoms with Gasteiger partial charge in [0.1, 0.15) is 0 Å². The molecule has 0 saturated carbocycles. The standard InChI is InChI=1S/C25H38N2/c1-4-6-15-27(16-7-5-2)17-14-26-25-19-21-18-20(3)12-13-22(21)23-10-8-9-11-24(23)25/h8-11,19-20,26H,4-7,12-18H2,1-3H3. The molecule has 0 fully saturated rings. The first-order chi connectivity index (χ1) is 13.2. The van der Waals surface area contributed by atoms with Crippen molar-refractivity contribution in [2.24, 2.45) is 5.92 Å². The largest absolute Gasteiger partial charge is 0.383 e. The highest BCUT2D eigenvalue weighted by Gasteiger charge is 2.19. The molecule has 1 aliphatic carbocycles. The number of aryl methyl sites for hydroxylation is 1. The van der Waals surface area contributed by atoms with Gasteiger partial charge in [-0.25, -0.2) is 0 Å². The third-order valence-corrected chi connectivity index (χ3v) is 6.10. The maximum atomic E-state index is 3.79. The highest BCUT2D eigenvalue weighted by molar-refractivity contribution is 5.97. The molecule has 1 unspecified atom stereocenters. The number of benzene rings is 2. The van der Waals surface area contributed by atoms with Crippen LogP contribution in [0.4, 0.5) is 5.69 Å². The van der Waals surface area contributed by atoms with E-state index in [-0.39, 0.29) is 0 Å². The molecule has 148 valence electrons. The molecule has 0 radical (unpaired) electrons. The topological polar surface area (TPSA) is 15.3 Å². The van der Waals surface area contributed by atoms with Gasteiger partial charge in [0, 0.05) is 24.2 Å². The highest BCUT2D eigenvalue weighted by Crippen LogP contribution is 2.35. The van der Waals surface area contributed by atoms with Gasteiger partial charge in [-0.05, 0) is 73.7 Å². The average molecular weight is 367 g/mol. The van der Waals surface area contributed by atoms with E-state index < -0.39 is 0 Å². The summed E-state index contributed by atoms with van der Waals surface area (Å²) in [5.74, 6) is 0.810. The number of unbranched alkanes of at least 4 members (excludes halogenated alkanes) is 2. The molecule has 2 heteroatoms. The van der Waals surface area contributed by atoms with Crippen LogP contribution in [-0.2, 0) is 12.8 Å². The zero-order valence-electron chi connectivity index (χ0n) is 17.7. The summed E-state index contributed by atoms with van der Waals surface area (Å²) in [7, 11) is 0. The van der Waals surface area contributed by atoms with E-state index in [2.05, 4.69) is 61.3 Å². The van der Waals surface area contributed by atoms with E-state index in [0.717, 1.165) is 19.0 Å². The van der Waals surface area contributed by atoms with Crippen molar-refractivity contribution >= 4 is 16.5 Å². The Labute approximate surface area is 166 Å². The van der Waals surface area contributed by atoms with Gasteiger partial charge in [-0.2, -0.15) is 0 Å². The third kappa shape index (κ3) is 5.25. The van der Waals surface area contributed by atoms with Crippen molar-refractivity contribution in [3.8, 4) is 0 Å². The first-order valence-corrected chi connectivity index (χ1v) is 11.2. The van der Waals surface area contributed by atoms with Gasteiger partial charge in [0.2, 0.25) is 0 Å². The summed E-state index contributed by atoms with van der Waals surface area (Å²) in [6.07, 6.45) is 8.97. The molecular weight excluding hydrogens is 328 g/mol. The number of anilines is 1. The Morgan fingerprint density at radius 3 is 2.41 bits per heavy atom. The maximum absolute atomic E-state index is 3.79. The number of hydrogen-bond acceptors (Lipinski definition) is 2. The quantitative estimate of drug-likeness (QED) is 0.532. The van der Waals surface area contributed by atoms with E-state index in [1.807, 2.05) is 0 Å². The number of rotatable bonds is 10. The van der Waals surface area contributed by atoms with Crippen molar-refractivity contribution in [3.05, 3.63) is 41.5 Å². The van der Waals surface area contributed by atoms with E-state index >= 15 is 0 Å². The summed E-state index contributed by atoms with van der Waals surface area (Å²) in [4.78, 5) is 2.64. The Balaban J connectivity index is 1.72. The second-order valence-electron chi connectivity index (χ2n) is 8.43. The van der Waals surface area contributed by atoms with Crippen LogP contribution in [0.3, 0.4) is 0 Å². The fraction of sp³-hybridized carbons (Fsp3) is 0.600. The van der Waals surface area contributed by atoms with Crippen LogP contribution in [0.15, 0.2) is 30.3 Å². The van der Waals surface area contributed by atoms with Crippen molar-refractivity contribution in [2.45, 2.75) is 65.7 Å². The lowest BCUT2D eigenvalue weighted by Crippen LogP contribution is -2.31. The SMILES string of the molecule is CCCCN(CCCC)CCNc1cc2c(c3ccccc13)CCC(C)C2. The summed E-state index contributed by atoms with van der Waals surface area (Å²) in [6.45, 7) is 11.6. The average Bonchev–Trinajstić information content (AvgIpc) is 2.69. The number of nitrogens with zero attached hydrogens (tertiary/aromatic N) is 1. The molecule has 1 aliphatic rings. The Morgan fingerprint density at radius 2 is 1.70 bits per heavy atom. The Bertz CT molecular complexity index is 714. The molecular formula is C25H38N2. The second-order valence-corrected chi connectivity index (χ2v) is 8.43. The molecule has 0 amide bonds. The van der Waals surface area contributed by atoms with Gasteiger partial charge in [0.25, 0.3) is 0 Å². The van der Waals surface area contributed by atoms with Crippen molar-refractivity contribution in [3.63, 3.8) is 0 Å². The predicted octanol–water partition coefficient (Wildman–Crippen LogP) is 6.28. The molecule has 27 heavy (non-hydrogen) atoms. The molecule has 1 N–H and O–H groups in total. The highest BCUT2D eigenvalue weighted by atomic mass is 15.1. The van der Waals surface area contributed by atoms with Gasteiger partial charge in [-0.3, -0.25) is 0 Å². The van der Waals surface area contributed by atoms with Gasteiger partial charge in [0.15, 0.2) is 0 Å². The molecule has 2 nitrogen and oxygen atoms in total. The van der Waals surface area contributed by atoms with Gasteiger partial charge in [-0.1, -0.05) is 57.9 Å². The molecule has 0 aliphatic heterocycles. The molecule has 1 atom stereocenters. The van der Waals surface area contributed by atoms with Crippen molar-refractivity contribution in [1.29, 1.82) is 0 Å². The van der Waals surface area contributed by atoms with Gasteiger partial charge in [0.05, 0.1) is 0 Å². The monoisotopic (exact) mass is 366 g/mol. The van der Waals surface area contributed by atoms with Crippen molar-refractivity contribution in [1.82, 2.24) is 4.90 Å². The second kappa shape index (κ2) is 10.1. The lowest BCUT2D eigenvalue weighted by molar-refractivity contribution is 0.275. The summed E-state index contributed by atoms with van der Waals surface area (Å²) in [6, 6.07) is 11.4. The zero-order valence-corrected chi connectivity index (χ0v) is 17.7. The number of nitrogens with one attached hydrogen (secondary N) is 1. The zero-order chi connectivity index (χ0) is 19.1. The Kier molecular flexibility index (Phi) is 7.58. The smallest absolute Gasteiger partial charge is 0.0423 e. The summed E-state index contributed by atoms with van der Waals surface area (Å²) >= 11 is 0. The van der Waals surface area contributed by atoms with Gasteiger partial charge < -0.3 is 10.2 Å². The summed E-state index contributed by atoms with van der Waals surface area (Å²) in [5, 5.41) is 6.67. The molecule has 0 spiro atoms. The van der Waals surface area contributed by atoms with E-state index in [0.29, 0.717) is 0 Å². The molecule has 2 aromatic rings. The minimum atomic E-state index is 0.810. The van der Waals surface area contributed by atoms with Crippen LogP contribution in [0, 0.1) is 5.92 Å². The van der Waals surface area contributed by atoms with E-state index in [1.54, 1.807) is 11.1 Å². The normalized spacial score (nSPS) is 16.7. The minimum Gasteiger partial charge on any atom is -0.383 e. The summed E-state index contributed by atoms with van der Waals surface area (Å²) in [5.41, 5.74) is 4.51. The van der Waals surface area contributed by atoms with E-state index in [4.69, 9.17) is 0 Å². The third-order valence-electron chi connectivity index (χ3n) is 6.10. The lowest BCUT2D eigenvalue weighted by atomic mass is 9.82. The van der Waals surface area contributed by atoms with Crippen LogP contribution in [-0.4, -0.2) is 31.1 Å². The fourth-order valence-electron chi connectivity index (χ4n) is 4.43. The summed E-state index contributed by atoms with van der Waals surface area (Å²) < 4.78 is 0. The van der Waals surface area contributed by atoms with Gasteiger partial charge in [-0.15, -0.1) is 0 Å².